The lowest BCUT2D eigenvalue weighted by atomic mass is 9.91. The van der Waals surface area contributed by atoms with Gasteiger partial charge in [0.25, 0.3) is 5.91 Å². The van der Waals surface area contributed by atoms with Crippen LogP contribution >= 0.6 is 0 Å². The fourth-order valence-electron chi connectivity index (χ4n) is 3.86. The molecule has 1 fully saturated rings. The van der Waals surface area contributed by atoms with Gasteiger partial charge in [0.2, 0.25) is 4.58 Å². The largest absolute Gasteiger partial charge is 0.468 e. The minimum absolute atomic E-state index is 0.0809. The minimum atomic E-state index is -5.06. The van der Waals surface area contributed by atoms with Gasteiger partial charge in [0, 0.05) is 11.6 Å². The highest BCUT2D eigenvalue weighted by atomic mass is 32.3. The molecule has 2 aromatic carbocycles. The lowest BCUT2D eigenvalue weighted by Gasteiger charge is -2.38. The van der Waals surface area contributed by atoms with E-state index in [1.54, 1.807) is 24.3 Å². The number of sulfone groups is 2. The van der Waals surface area contributed by atoms with Crippen molar-refractivity contribution in [3.05, 3.63) is 66.2 Å². The van der Waals surface area contributed by atoms with E-state index in [4.69, 9.17) is 0 Å². The van der Waals surface area contributed by atoms with Gasteiger partial charge in [-0.3, -0.25) is 14.4 Å². The summed E-state index contributed by atoms with van der Waals surface area (Å²) in [6.07, 6.45) is 0. The Hall–Kier alpha value is -3.25. The molecule has 0 aromatic heterocycles. The molecular weight excluding hydrogens is 474 g/mol. The van der Waals surface area contributed by atoms with Crippen LogP contribution in [-0.2, 0) is 43.5 Å². The highest BCUT2D eigenvalue weighted by molar-refractivity contribution is 8.12. The van der Waals surface area contributed by atoms with Crippen LogP contribution < -0.4 is 5.32 Å². The molecule has 12 heteroatoms. The molecule has 1 N–H and O–H groups in total. The Morgan fingerprint density at radius 3 is 1.58 bits per heavy atom. The normalized spacial score (nSPS) is 25.4. The molecule has 1 amide bonds. The second kappa shape index (κ2) is 9.32. The van der Waals surface area contributed by atoms with Crippen LogP contribution in [0.25, 0.3) is 0 Å². The molecule has 0 spiro atoms. The molecule has 0 aliphatic carbocycles. The molecule has 0 saturated carbocycles. The summed E-state index contributed by atoms with van der Waals surface area (Å²) in [4.78, 5) is 38.3. The van der Waals surface area contributed by atoms with Crippen LogP contribution in [0.1, 0.15) is 11.5 Å². The highest BCUT2D eigenvalue weighted by Crippen LogP contribution is 2.42. The first-order valence-corrected chi connectivity index (χ1v) is 12.8. The molecule has 4 atom stereocenters. The van der Waals surface area contributed by atoms with Gasteiger partial charge in [-0.15, -0.1) is 0 Å². The number of para-hydroxylation sites is 1. The van der Waals surface area contributed by atoms with E-state index in [2.05, 4.69) is 14.8 Å². The van der Waals surface area contributed by atoms with Gasteiger partial charge in [-0.25, -0.2) is 16.8 Å². The van der Waals surface area contributed by atoms with Crippen molar-refractivity contribution in [3.8, 4) is 0 Å². The zero-order valence-corrected chi connectivity index (χ0v) is 19.2. The molecule has 0 radical (unpaired) electrons. The Labute approximate surface area is 190 Å². The van der Waals surface area contributed by atoms with Crippen LogP contribution in [0, 0.1) is 0 Å². The van der Waals surface area contributed by atoms with Crippen molar-refractivity contribution in [2.75, 3.05) is 19.5 Å². The number of carbonyl (C=O) groups excluding carboxylic acids is 3. The number of carbonyl (C=O) groups is 3. The van der Waals surface area contributed by atoms with E-state index < -0.39 is 58.5 Å². The van der Waals surface area contributed by atoms with Gasteiger partial charge >= 0.3 is 11.9 Å². The van der Waals surface area contributed by atoms with Crippen LogP contribution in [0.4, 0.5) is 5.69 Å². The third-order valence-corrected chi connectivity index (χ3v) is 10.9. The molecule has 33 heavy (non-hydrogen) atoms. The molecule has 1 saturated heterocycles. The van der Waals surface area contributed by atoms with Crippen LogP contribution in [-0.4, -0.2) is 64.0 Å². The highest BCUT2D eigenvalue weighted by Gasteiger charge is 2.66. The van der Waals surface area contributed by atoms with Crippen LogP contribution in [0.5, 0.6) is 0 Å². The van der Waals surface area contributed by atoms with Crippen molar-refractivity contribution in [1.82, 2.24) is 0 Å². The zero-order valence-electron chi connectivity index (χ0n) is 17.6. The number of nitrogens with one attached hydrogen (secondary N) is 1. The first kappa shape index (κ1) is 24.4. The average molecular weight is 496 g/mol. The molecule has 2 unspecified atom stereocenters. The summed E-state index contributed by atoms with van der Waals surface area (Å²) < 4.78 is 60.6. The summed E-state index contributed by atoms with van der Waals surface area (Å²) in [5.41, 5.74) is 0.208. The lowest BCUT2D eigenvalue weighted by Crippen LogP contribution is -2.62. The zero-order chi connectivity index (χ0) is 24.4. The Balaban J connectivity index is 2.26. The van der Waals surface area contributed by atoms with E-state index in [9.17, 15) is 31.2 Å². The number of hydrogen-bond donors (Lipinski definition) is 1. The monoisotopic (exact) mass is 495 g/mol. The predicted octanol–water partition coefficient (Wildman–Crippen LogP) is 0.661. The molecule has 2 aromatic rings. The summed E-state index contributed by atoms with van der Waals surface area (Å²) in [5, 5.41) is -2.07. The summed E-state index contributed by atoms with van der Waals surface area (Å²) >= 11 is 0. The van der Waals surface area contributed by atoms with E-state index in [1.165, 1.54) is 36.4 Å². The van der Waals surface area contributed by atoms with Crippen LogP contribution in [0.3, 0.4) is 0 Å². The van der Waals surface area contributed by atoms with Crippen molar-refractivity contribution in [1.29, 1.82) is 0 Å². The molecule has 0 bridgehead atoms. The summed E-state index contributed by atoms with van der Waals surface area (Å²) in [6.45, 7) is 0. The number of rotatable bonds is 5. The Bertz CT molecular complexity index is 1210. The van der Waals surface area contributed by atoms with Gasteiger partial charge in [0.15, 0.2) is 30.2 Å². The second-order valence-corrected chi connectivity index (χ2v) is 11.8. The van der Waals surface area contributed by atoms with E-state index >= 15 is 0 Å². The van der Waals surface area contributed by atoms with Gasteiger partial charge in [0.1, 0.15) is 0 Å². The van der Waals surface area contributed by atoms with Gasteiger partial charge in [-0.1, -0.05) is 48.5 Å². The number of ether oxygens (including phenoxy) is 2. The first-order chi connectivity index (χ1) is 15.6. The first-order valence-electron chi connectivity index (χ1n) is 9.59. The molecule has 3 rings (SSSR count). The van der Waals surface area contributed by atoms with Crippen LogP contribution in [0.2, 0.25) is 0 Å². The van der Waals surface area contributed by atoms with E-state index in [1.807, 2.05) is 0 Å². The summed E-state index contributed by atoms with van der Waals surface area (Å²) in [6, 6.07) is 14.9. The molecular formula is C21H21NO9S2. The minimum Gasteiger partial charge on any atom is -0.468 e. The van der Waals surface area contributed by atoms with E-state index in [0.717, 1.165) is 14.2 Å². The molecule has 1 aliphatic heterocycles. The fourth-order valence-corrected chi connectivity index (χ4v) is 9.60. The van der Waals surface area contributed by atoms with Gasteiger partial charge < -0.3 is 14.8 Å². The summed E-state index contributed by atoms with van der Waals surface area (Å²) in [5.74, 6) is -5.72. The Morgan fingerprint density at radius 1 is 0.727 bits per heavy atom. The number of esters is 2. The number of anilines is 1. The smallest absolute Gasteiger partial charge is 0.324 e. The molecule has 1 heterocycles. The fraction of sp³-hybridized carbons (Fsp3) is 0.286. The number of methoxy groups -OCH3 is 2. The third kappa shape index (κ3) is 4.35. The quantitative estimate of drug-likeness (QED) is 0.590. The van der Waals surface area contributed by atoms with Crippen molar-refractivity contribution >= 4 is 43.2 Å². The number of hydrogen-bond acceptors (Lipinski definition) is 9. The Kier molecular flexibility index (Phi) is 6.89. The van der Waals surface area contributed by atoms with Crippen molar-refractivity contribution < 1.29 is 40.7 Å². The van der Waals surface area contributed by atoms with Crippen molar-refractivity contribution in [2.24, 2.45) is 0 Å². The van der Waals surface area contributed by atoms with Crippen molar-refractivity contribution in [3.63, 3.8) is 0 Å². The lowest BCUT2D eigenvalue weighted by molar-refractivity contribution is -0.142. The Morgan fingerprint density at radius 2 is 1.15 bits per heavy atom. The van der Waals surface area contributed by atoms with Gasteiger partial charge in [-0.2, -0.15) is 0 Å². The molecule has 10 nitrogen and oxygen atoms in total. The second-order valence-electron chi connectivity index (χ2n) is 7.19. The molecule has 176 valence electrons. The maximum atomic E-state index is 13.5. The van der Waals surface area contributed by atoms with Gasteiger partial charge in [0.05, 0.1) is 14.2 Å². The average Bonchev–Trinajstić information content (AvgIpc) is 2.78. The van der Waals surface area contributed by atoms with Crippen LogP contribution in [0.15, 0.2) is 60.7 Å². The third-order valence-electron chi connectivity index (χ3n) is 5.26. The van der Waals surface area contributed by atoms with Crippen molar-refractivity contribution in [2.45, 2.75) is 21.0 Å². The maximum absolute atomic E-state index is 13.5. The maximum Gasteiger partial charge on any atom is 0.324 e. The number of amides is 1. The predicted molar refractivity (Wildman–Crippen MR) is 117 cm³/mol. The van der Waals surface area contributed by atoms with E-state index in [-0.39, 0.29) is 11.3 Å². The topological polar surface area (TPSA) is 150 Å². The SMILES string of the molecule is COC(=O)[C@@H]1C(c2ccccc2)[C@H](C(=O)OC)S(=O)(=O)C(C(=O)Nc2ccccc2)S1(=O)=O. The number of benzene rings is 2. The molecule has 1 aliphatic rings. The van der Waals surface area contributed by atoms with E-state index in [0.29, 0.717) is 0 Å². The summed E-state index contributed by atoms with van der Waals surface area (Å²) in [7, 11) is -8.26. The standard InChI is InChI=1S/C21H21NO9S2/c1-30-19(24)16-15(13-9-5-3-6-10-13)17(20(25)31-2)33(28,29)21(32(16,26)27)18(23)22-14-11-7-4-8-12-14/h3-12,15-17,21H,1-2H3,(H,22,23)/t15?,16-,17+,21?. The van der Waals surface area contributed by atoms with Gasteiger partial charge in [-0.05, 0) is 17.7 Å².